The molecule has 9 nitrogen and oxygen atoms in total. The van der Waals surface area contributed by atoms with Gasteiger partial charge in [0.15, 0.2) is 0 Å². The molecule has 166 valence electrons. The Balaban J connectivity index is 1.45. The molecule has 0 bridgehead atoms. The molecule has 0 spiro atoms. The Morgan fingerprint density at radius 1 is 0.871 bits per heavy atom. The molecule has 0 unspecified atom stereocenters. The number of hydrogen-bond donors (Lipinski definition) is 2. The predicted octanol–water partition coefficient (Wildman–Crippen LogP) is 0.271. The third kappa shape index (κ3) is 8.05. The Morgan fingerprint density at radius 3 is 1.90 bits per heavy atom. The van der Waals surface area contributed by atoms with Crippen LogP contribution in [0.25, 0.3) is 0 Å². The number of carbonyl (C=O) groups excluding carboxylic acids is 2. The molecule has 1 aliphatic rings. The van der Waals surface area contributed by atoms with Crippen molar-refractivity contribution >= 4 is 11.8 Å². The first-order chi connectivity index (χ1) is 15.2. The minimum Gasteiger partial charge on any atom is -0.379 e. The van der Waals surface area contributed by atoms with Gasteiger partial charge in [-0.2, -0.15) is 0 Å². The van der Waals surface area contributed by atoms with Crippen LogP contribution < -0.4 is 10.6 Å². The molecule has 2 aromatic heterocycles. The normalized spacial score (nSPS) is 14.4. The molecule has 1 fully saturated rings. The van der Waals surface area contributed by atoms with E-state index in [9.17, 15) is 9.59 Å². The summed E-state index contributed by atoms with van der Waals surface area (Å²) >= 11 is 0. The number of aromatic nitrogens is 2. The Hall–Kier alpha value is -2.88. The Labute approximate surface area is 182 Å². The lowest BCUT2D eigenvalue weighted by Gasteiger charge is -2.30. The van der Waals surface area contributed by atoms with Gasteiger partial charge in [0.2, 0.25) is 0 Å². The van der Waals surface area contributed by atoms with E-state index in [1.807, 2.05) is 0 Å². The summed E-state index contributed by atoms with van der Waals surface area (Å²) in [7, 11) is 0. The van der Waals surface area contributed by atoms with Gasteiger partial charge in [-0.3, -0.25) is 29.4 Å². The lowest BCUT2D eigenvalue weighted by Crippen LogP contribution is -2.45. The second-order valence-electron chi connectivity index (χ2n) is 7.24. The Bertz CT molecular complexity index is 742. The quantitative estimate of drug-likeness (QED) is 0.532. The maximum Gasteiger partial charge on any atom is 0.269 e. The largest absolute Gasteiger partial charge is 0.379 e. The van der Waals surface area contributed by atoms with Crippen molar-refractivity contribution in [1.29, 1.82) is 0 Å². The molecule has 31 heavy (non-hydrogen) atoms. The summed E-state index contributed by atoms with van der Waals surface area (Å²) in [5, 5.41) is 5.84. The van der Waals surface area contributed by atoms with Gasteiger partial charge in [0.05, 0.1) is 13.2 Å². The minimum absolute atomic E-state index is 0.183. The van der Waals surface area contributed by atoms with Crippen LogP contribution in [0.3, 0.4) is 0 Å². The topological polar surface area (TPSA) is 99.7 Å². The lowest BCUT2D eigenvalue weighted by atomic mass is 10.3. The number of amides is 2. The van der Waals surface area contributed by atoms with Crippen LogP contribution >= 0.6 is 0 Å². The van der Waals surface area contributed by atoms with Gasteiger partial charge in [-0.15, -0.1) is 0 Å². The smallest absolute Gasteiger partial charge is 0.269 e. The number of morpholine rings is 1. The maximum absolute atomic E-state index is 12.2. The monoisotopic (exact) mass is 426 g/mol. The van der Waals surface area contributed by atoms with Crippen molar-refractivity contribution in [1.82, 2.24) is 30.4 Å². The number of carbonyl (C=O) groups is 2. The predicted molar refractivity (Wildman–Crippen MR) is 117 cm³/mol. The summed E-state index contributed by atoms with van der Waals surface area (Å²) in [6.07, 6.45) is 3.21. The molecule has 3 heterocycles. The SMILES string of the molecule is O=C(NCCN(CCNC(=O)c1ccccn1)CCN1CCOCC1)c1ccccn1. The van der Waals surface area contributed by atoms with E-state index in [2.05, 4.69) is 30.4 Å². The number of pyridine rings is 2. The molecule has 9 heteroatoms. The lowest BCUT2D eigenvalue weighted by molar-refractivity contribution is 0.0334. The molecule has 2 amide bonds. The molecule has 0 radical (unpaired) electrons. The van der Waals surface area contributed by atoms with Crippen molar-refractivity contribution in [3.8, 4) is 0 Å². The van der Waals surface area contributed by atoms with Crippen molar-refractivity contribution < 1.29 is 14.3 Å². The highest BCUT2D eigenvalue weighted by molar-refractivity contribution is 5.92. The zero-order valence-electron chi connectivity index (χ0n) is 17.7. The third-order valence-corrected chi connectivity index (χ3v) is 5.06. The fourth-order valence-electron chi connectivity index (χ4n) is 3.27. The van der Waals surface area contributed by atoms with Gasteiger partial charge < -0.3 is 15.4 Å². The van der Waals surface area contributed by atoms with E-state index in [-0.39, 0.29) is 11.8 Å². The van der Waals surface area contributed by atoms with Gasteiger partial charge in [-0.25, -0.2) is 0 Å². The molecule has 0 aromatic carbocycles. The van der Waals surface area contributed by atoms with Gasteiger partial charge in [-0.1, -0.05) is 12.1 Å². The van der Waals surface area contributed by atoms with E-state index in [0.717, 1.165) is 39.4 Å². The van der Waals surface area contributed by atoms with Crippen LogP contribution in [0, 0.1) is 0 Å². The minimum atomic E-state index is -0.183. The molecule has 1 aliphatic heterocycles. The number of nitrogens with zero attached hydrogens (tertiary/aromatic N) is 4. The van der Waals surface area contributed by atoms with Gasteiger partial charge >= 0.3 is 0 Å². The fourth-order valence-corrected chi connectivity index (χ4v) is 3.27. The zero-order chi connectivity index (χ0) is 21.7. The second kappa shape index (κ2) is 12.7. The van der Waals surface area contributed by atoms with Crippen molar-refractivity contribution in [3.05, 3.63) is 60.2 Å². The van der Waals surface area contributed by atoms with Crippen LogP contribution in [-0.2, 0) is 4.74 Å². The molecule has 0 atom stereocenters. The van der Waals surface area contributed by atoms with Gasteiger partial charge in [0, 0.05) is 64.8 Å². The van der Waals surface area contributed by atoms with E-state index >= 15 is 0 Å². The average Bonchev–Trinajstić information content (AvgIpc) is 2.83. The fraction of sp³-hybridized carbons (Fsp3) is 0.455. The van der Waals surface area contributed by atoms with Crippen LogP contribution in [-0.4, -0.2) is 97.2 Å². The molecular weight excluding hydrogens is 396 g/mol. The highest BCUT2D eigenvalue weighted by Crippen LogP contribution is 1.99. The van der Waals surface area contributed by atoms with Crippen molar-refractivity contribution in [3.63, 3.8) is 0 Å². The third-order valence-electron chi connectivity index (χ3n) is 5.06. The molecule has 1 saturated heterocycles. The van der Waals surface area contributed by atoms with Crippen LogP contribution in [0.4, 0.5) is 0 Å². The Kier molecular flexibility index (Phi) is 9.36. The maximum atomic E-state index is 12.2. The molecule has 3 rings (SSSR count). The van der Waals surface area contributed by atoms with Crippen LogP contribution in [0.15, 0.2) is 48.8 Å². The molecule has 2 N–H and O–H groups in total. The summed E-state index contributed by atoms with van der Waals surface area (Å²) in [5.74, 6) is -0.366. The van der Waals surface area contributed by atoms with E-state index in [4.69, 9.17) is 4.74 Å². The zero-order valence-corrected chi connectivity index (χ0v) is 17.7. The molecule has 0 aliphatic carbocycles. The molecule has 0 saturated carbocycles. The van der Waals surface area contributed by atoms with Crippen LogP contribution in [0.1, 0.15) is 21.0 Å². The molecule has 2 aromatic rings. The summed E-state index contributed by atoms with van der Waals surface area (Å²) < 4.78 is 5.41. The highest BCUT2D eigenvalue weighted by Gasteiger charge is 2.14. The van der Waals surface area contributed by atoms with E-state index in [1.165, 1.54) is 0 Å². The van der Waals surface area contributed by atoms with E-state index in [0.29, 0.717) is 37.6 Å². The van der Waals surface area contributed by atoms with Gasteiger partial charge in [0.1, 0.15) is 11.4 Å². The summed E-state index contributed by atoms with van der Waals surface area (Å²) in [4.78, 5) is 37.2. The van der Waals surface area contributed by atoms with E-state index < -0.39 is 0 Å². The van der Waals surface area contributed by atoms with E-state index in [1.54, 1.807) is 48.8 Å². The highest BCUT2D eigenvalue weighted by atomic mass is 16.5. The van der Waals surface area contributed by atoms with Crippen molar-refractivity contribution in [2.75, 3.05) is 65.6 Å². The number of hydrogen-bond acceptors (Lipinski definition) is 7. The number of nitrogens with one attached hydrogen (secondary N) is 2. The van der Waals surface area contributed by atoms with Crippen LogP contribution in [0.2, 0.25) is 0 Å². The molecular formula is C22H30N6O3. The van der Waals surface area contributed by atoms with Crippen molar-refractivity contribution in [2.24, 2.45) is 0 Å². The summed E-state index contributed by atoms with van der Waals surface area (Å²) in [5.41, 5.74) is 0.815. The van der Waals surface area contributed by atoms with Crippen molar-refractivity contribution in [2.45, 2.75) is 0 Å². The van der Waals surface area contributed by atoms with Gasteiger partial charge in [-0.05, 0) is 24.3 Å². The Morgan fingerprint density at radius 2 is 1.42 bits per heavy atom. The summed E-state index contributed by atoms with van der Waals surface area (Å²) in [6.45, 7) is 7.54. The first-order valence-electron chi connectivity index (χ1n) is 10.6. The standard InChI is InChI=1S/C22H30N6O3/c29-21(19-5-1-3-7-23-19)25-9-11-27(13-14-28-15-17-31-18-16-28)12-10-26-22(30)20-6-2-4-8-24-20/h1-8H,9-18H2,(H,25,29)(H,26,30). The number of rotatable bonds is 11. The first kappa shape index (κ1) is 22.8. The average molecular weight is 427 g/mol. The summed E-state index contributed by atoms with van der Waals surface area (Å²) in [6, 6.07) is 10.5. The van der Waals surface area contributed by atoms with Gasteiger partial charge in [0.25, 0.3) is 11.8 Å². The second-order valence-corrected chi connectivity index (χ2v) is 7.24. The number of ether oxygens (including phenoxy) is 1. The van der Waals surface area contributed by atoms with Crippen LogP contribution in [0.5, 0.6) is 0 Å². The first-order valence-corrected chi connectivity index (χ1v) is 10.6.